The number of ether oxygens (including phenoxy) is 2. The molecule has 0 bridgehead atoms. The molecule has 0 saturated heterocycles. The third-order valence-electron chi connectivity index (χ3n) is 3.89. The highest BCUT2D eigenvalue weighted by molar-refractivity contribution is 5.92. The Morgan fingerprint density at radius 3 is 2.88 bits per heavy atom. The number of allylic oxidation sites excluding steroid dienone is 1. The molecule has 0 fully saturated rings. The van der Waals surface area contributed by atoms with Crippen LogP contribution in [0.5, 0.6) is 11.5 Å². The van der Waals surface area contributed by atoms with Gasteiger partial charge in [0.1, 0.15) is 12.4 Å². The Bertz CT molecular complexity index is 828. The summed E-state index contributed by atoms with van der Waals surface area (Å²) in [6.07, 6.45) is 1.42. The molecular weight excluding hydrogens is 324 g/mol. The Labute approximate surface area is 145 Å². The lowest BCUT2D eigenvalue weighted by atomic mass is 9.95. The number of benzene rings is 1. The summed E-state index contributed by atoms with van der Waals surface area (Å²) in [5, 5.41) is 17.3. The van der Waals surface area contributed by atoms with Gasteiger partial charge in [0.05, 0.1) is 18.8 Å². The number of aromatic nitrogens is 3. The zero-order valence-corrected chi connectivity index (χ0v) is 14.3. The second kappa shape index (κ2) is 6.84. The normalized spacial score (nSPS) is 16.2. The van der Waals surface area contributed by atoms with E-state index in [1.54, 1.807) is 30.7 Å². The molecule has 0 radical (unpaired) electrons. The van der Waals surface area contributed by atoms with Crippen molar-refractivity contribution in [2.24, 2.45) is 0 Å². The number of carbonyl (C=O) groups excluding carboxylic acids is 1. The number of hydrogen-bond donors (Lipinski definition) is 2. The SMILES string of the molecule is CCOC(=O)C1=C(C)Nc2ncnn2C1c1ccc(O)c(OCC)c1. The Hall–Kier alpha value is -3.03. The molecule has 1 atom stereocenters. The number of rotatable bonds is 5. The fourth-order valence-corrected chi connectivity index (χ4v) is 2.84. The Kier molecular flexibility index (Phi) is 4.60. The molecule has 0 amide bonds. The lowest BCUT2D eigenvalue weighted by Gasteiger charge is -2.28. The summed E-state index contributed by atoms with van der Waals surface area (Å²) in [7, 11) is 0. The number of aromatic hydroxyl groups is 1. The average molecular weight is 344 g/mol. The molecule has 0 spiro atoms. The van der Waals surface area contributed by atoms with E-state index in [9.17, 15) is 9.90 Å². The van der Waals surface area contributed by atoms with E-state index >= 15 is 0 Å². The quantitative estimate of drug-likeness (QED) is 0.803. The van der Waals surface area contributed by atoms with Crippen LogP contribution in [0, 0.1) is 0 Å². The molecule has 2 heterocycles. The van der Waals surface area contributed by atoms with Gasteiger partial charge in [-0.05, 0) is 38.5 Å². The van der Waals surface area contributed by atoms with E-state index in [1.807, 2.05) is 6.92 Å². The number of phenols is 1. The van der Waals surface area contributed by atoms with Gasteiger partial charge in [-0.25, -0.2) is 9.48 Å². The lowest BCUT2D eigenvalue weighted by molar-refractivity contribution is -0.139. The summed E-state index contributed by atoms with van der Waals surface area (Å²) in [6, 6.07) is 4.44. The molecule has 1 aliphatic rings. The number of nitrogens with zero attached hydrogens (tertiary/aromatic N) is 3. The smallest absolute Gasteiger partial charge is 0.338 e. The average Bonchev–Trinajstić information content (AvgIpc) is 3.04. The monoisotopic (exact) mass is 344 g/mol. The van der Waals surface area contributed by atoms with Crippen LogP contribution in [0.1, 0.15) is 32.4 Å². The maximum Gasteiger partial charge on any atom is 0.338 e. The first-order valence-corrected chi connectivity index (χ1v) is 8.06. The van der Waals surface area contributed by atoms with E-state index in [0.29, 0.717) is 29.6 Å². The van der Waals surface area contributed by atoms with E-state index in [-0.39, 0.29) is 12.4 Å². The van der Waals surface area contributed by atoms with E-state index in [2.05, 4.69) is 15.4 Å². The number of nitrogens with one attached hydrogen (secondary N) is 1. The van der Waals surface area contributed by atoms with Crippen molar-refractivity contribution in [2.45, 2.75) is 26.8 Å². The molecule has 3 rings (SSSR count). The molecule has 0 aliphatic carbocycles. The maximum atomic E-state index is 12.5. The summed E-state index contributed by atoms with van der Waals surface area (Å²) < 4.78 is 12.3. The molecule has 132 valence electrons. The van der Waals surface area contributed by atoms with Crippen molar-refractivity contribution in [3.63, 3.8) is 0 Å². The van der Waals surface area contributed by atoms with Crippen molar-refractivity contribution in [3.05, 3.63) is 41.4 Å². The van der Waals surface area contributed by atoms with Crippen LogP contribution in [-0.4, -0.2) is 39.1 Å². The minimum atomic E-state index is -0.530. The first-order valence-electron chi connectivity index (χ1n) is 8.06. The number of esters is 1. The van der Waals surface area contributed by atoms with Crippen molar-refractivity contribution in [1.82, 2.24) is 14.8 Å². The molecule has 2 N–H and O–H groups in total. The van der Waals surface area contributed by atoms with E-state index < -0.39 is 12.0 Å². The first-order chi connectivity index (χ1) is 12.1. The zero-order chi connectivity index (χ0) is 18.0. The fraction of sp³-hybridized carbons (Fsp3) is 0.353. The molecule has 8 heteroatoms. The molecular formula is C17H20N4O4. The molecule has 0 saturated carbocycles. The van der Waals surface area contributed by atoms with Gasteiger partial charge in [-0.2, -0.15) is 10.1 Å². The minimum Gasteiger partial charge on any atom is -0.504 e. The molecule has 1 unspecified atom stereocenters. The maximum absolute atomic E-state index is 12.5. The molecule has 1 aliphatic heterocycles. The van der Waals surface area contributed by atoms with E-state index in [0.717, 1.165) is 5.56 Å². The second-order valence-corrected chi connectivity index (χ2v) is 5.48. The molecule has 2 aromatic rings. The van der Waals surface area contributed by atoms with Crippen LogP contribution < -0.4 is 10.1 Å². The second-order valence-electron chi connectivity index (χ2n) is 5.48. The lowest BCUT2D eigenvalue weighted by Crippen LogP contribution is -2.29. The summed E-state index contributed by atoms with van der Waals surface area (Å²) in [5.41, 5.74) is 1.82. The van der Waals surface area contributed by atoms with Crippen LogP contribution in [0.15, 0.2) is 35.8 Å². The summed E-state index contributed by atoms with van der Waals surface area (Å²) >= 11 is 0. The van der Waals surface area contributed by atoms with Crippen LogP contribution in [0.4, 0.5) is 5.95 Å². The molecule has 1 aromatic heterocycles. The number of carbonyl (C=O) groups is 1. The highest BCUT2D eigenvalue weighted by Gasteiger charge is 2.34. The molecule has 25 heavy (non-hydrogen) atoms. The Morgan fingerprint density at radius 1 is 1.36 bits per heavy atom. The summed E-state index contributed by atoms with van der Waals surface area (Å²) in [4.78, 5) is 16.7. The van der Waals surface area contributed by atoms with Crippen molar-refractivity contribution in [2.75, 3.05) is 18.5 Å². The van der Waals surface area contributed by atoms with Crippen molar-refractivity contribution < 1.29 is 19.4 Å². The van der Waals surface area contributed by atoms with Crippen molar-refractivity contribution >= 4 is 11.9 Å². The standard InChI is InChI=1S/C17H20N4O4/c1-4-24-13-8-11(6-7-12(13)22)15-14(16(23)25-5-2)10(3)20-17-18-9-19-21(15)17/h6-9,15,22H,4-5H2,1-3H3,(H,18,19,20). The van der Waals surface area contributed by atoms with Crippen LogP contribution in [0.2, 0.25) is 0 Å². The van der Waals surface area contributed by atoms with Crippen LogP contribution >= 0.6 is 0 Å². The minimum absolute atomic E-state index is 0.0386. The Morgan fingerprint density at radius 2 is 2.16 bits per heavy atom. The number of anilines is 1. The molecule has 1 aromatic carbocycles. The van der Waals surface area contributed by atoms with Gasteiger partial charge < -0.3 is 19.9 Å². The van der Waals surface area contributed by atoms with Crippen LogP contribution in [-0.2, 0) is 9.53 Å². The predicted octanol–water partition coefficient (Wildman–Crippen LogP) is 2.23. The van der Waals surface area contributed by atoms with Gasteiger partial charge in [-0.3, -0.25) is 0 Å². The van der Waals surface area contributed by atoms with Gasteiger partial charge in [-0.1, -0.05) is 6.07 Å². The molecule has 8 nitrogen and oxygen atoms in total. The number of phenolic OH excluding ortho intramolecular Hbond substituents is 1. The van der Waals surface area contributed by atoms with Gasteiger partial charge >= 0.3 is 5.97 Å². The highest BCUT2D eigenvalue weighted by Crippen LogP contribution is 2.38. The van der Waals surface area contributed by atoms with Gasteiger partial charge in [0.15, 0.2) is 11.5 Å². The van der Waals surface area contributed by atoms with Crippen molar-refractivity contribution in [3.8, 4) is 11.5 Å². The summed E-state index contributed by atoms with van der Waals surface area (Å²) in [5.74, 6) is 0.490. The van der Waals surface area contributed by atoms with Gasteiger partial charge in [-0.15, -0.1) is 0 Å². The van der Waals surface area contributed by atoms with E-state index in [4.69, 9.17) is 9.47 Å². The third kappa shape index (κ3) is 3.02. The van der Waals surface area contributed by atoms with Gasteiger partial charge in [0.2, 0.25) is 5.95 Å². The summed E-state index contributed by atoms with van der Waals surface area (Å²) in [6.45, 7) is 6.07. The number of hydrogen-bond acceptors (Lipinski definition) is 7. The third-order valence-corrected chi connectivity index (χ3v) is 3.89. The Balaban J connectivity index is 2.13. The fourth-order valence-electron chi connectivity index (χ4n) is 2.84. The zero-order valence-electron chi connectivity index (χ0n) is 14.3. The van der Waals surface area contributed by atoms with E-state index in [1.165, 1.54) is 12.4 Å². The van der Waals surface area contributed by atoms with Crippen molar-refractivity contribution in [1.29, 1.82) is 0 Å². The topological polar surface area (TPSA) is 98.5 Å². The number of fused-ring (bicyclic) bond motifs is 1. The predicted molar refractivity (Wildman–Crippen MR) is 90.4 cm³/mol. The largest absolute Gasteiger partial charge is 0.504 e. The highest BCUT2D eigenvalue weighted by atomic mass is 16.5. The van der Waals surface area contributed by atoms with Gasteiger partial charge in [0.25, 0.3) is 0 Å². The van der Waals surface area contributed by atoms with Gasteiger partial charge in [0, 0.05) is 5.70 Å². The van der Waals surface area contributed by atoms with Crippen LogP contribution in [0.3, 0.4) is 0 Å². The first kappa shape index (κ1) is 16.8. The van der Waals surface area contributed by atoms with Crippen LogP contribution in [0.25, 0.3) is 0 Å².